The van der Waals surface area contributed by atoms with Gasteiger partial charge in [0, 0.05) is 5.56 Å². The van der Waals surface area contributed by atoms with Crippen LogP contribution in [0.2, 0.25) is 0 Å². The minimum atomic E-state index is -4.60. The molecule has 0 bridgehead atoms. The molecule has 1 rings (SSSR count). The summed E-state index contributed by atoms with van der Waals surface area (Å²) in [4.78, 5) is 23.3. The second kappa shape index (κ2) is 6.56. The van der Waals surface area contributed by atoms with Gasteiger partial charge in [-0.1, -0.05) is 0 Å². The molecule has 4 nitrogen and oxygen atoms in total. The minimum absolute atomic E-state index is 0.117. The first-order valence-corrected chi connectivity index (χ1v) is 6.78. The van der Waals surface area contributed by atoms with Crippen molar-refractivity contribution in [3.8, 4) is 0 Å². The van der Waals surface area contributed by atoms with Gasteiger partial charge in [-0.05, 0) is 39.0 Å². The number of alkyl halides is 4. The largest absolute Gasteiger partial charge is 0.444 e. The van der Waals surface area contributed by atoms with Gasteiger partial charge in [0.15, 0.2) is 5.78 Å². The van der Waals surface area contributed by atoms with Crippen molar-refractivity contribution < 1.29 is 27.5 Å². The lowest BCUT2D eigenvalue weighted by Gasteiger charge is -2.20. The number of Topliss-reactive ketones (excluding diaryl/α,β-unsaturated/α-hetero) is 1. The number of nitrogens with one attached hydrogen (secondary N) is 1. The van der Waals surface area contributed by atoms with E-state index in [0.29, 0.717) is 6.07 Å². The molecule has 0 aliphatic rings. The summed E-state index contributed by atoms with van der Waals surface area (Å²) in [6.45, 7) is 4.80. The number of amides is 1. The Labute approximate surface area is 130 Å². The van der Waals surface area contributed by atoms with Gasteiger partial charge in [-0.25, -0.2) is 4.79 Å². The van der Waals surface area contributed by atoms with Crippen LogP contribution in [0.25, 0.3) is 0 Å². The van der Waals surface area contributed by atoms with Gasteiger partial charge >= 0.3 is 12.3 Å². The third kappa shape index (κ3) is 5.22. The maximum atomic E-state index is 12.7. The summed E-state index contributed by atoms with van der Waals surface area (Å²) in [5.74, 6) is -1.03. The zero-order valence-electron chi connectivity index (χ0n) is 12.2. The molecule has 8 heteroatoms. The fourth-order valence-corrected chi connectivity index (χ4v) is 1.70. The number of anilines is 1. The van der Waals surface area contributed by atoms with E-state index in [4.69, 9.17) is 16.3 Å². The Morgan fingerprint density at radius 1 is 1.23 bits per heavy atom. The van der Waals surface area contributed by atoms with Crippen molar-refractivity contribution in [2.45, 2.75) is 32.5 Å². The van der Waals surface area contributed by atoms with Gasteiger partial charge < -0.3 is 4.74 Å². The van der Waals surface area contributed by atoms with E-state index >= 15 is 0 Å². The van der Waals surface area contributed by atoms with Gasteiger partial charge in [0.1, 0.15) is 5.60 Å². The molecule has 0 atom stereocenters. The first kappa shape index (κ1) is 18.3. The summed E-state index contributed by atoms with van der Waals surface area (Å²) >= 11 is 5.42. The van der Waals surface area contributed by atoms with Crippen LogP contribution in [0.15, 0.2) is 18.2 Å². The smallest absolute Gasteiger partial charge is 0.416 e. The molecule has 0 radical (unpaired) electrons. The third-order valence-corrected chi connectivity index (χ3v) is 2.65. The highest BCUT2D eigenvalue weighted by Crippen LogP contribution is 2.32. The fourth-order valence-electron chi connectivity index (χ4n) is 1.55. The second-order valence-corrected chi connectivity index (χ2v) is 5.71. The molecule has 0 heterocycles. The summed E-state index contributed by atoms with van der Waals surface area (Å²) in [6, 6.07) is 2.39. The molecule has 0 unspecified atom stereocenters. The van der Waals surface area contributed by atoms with Crippen LogP contribution in [0.4, 0.5) is 23.7 Å². The Morgan fingerprint density at radius 2 is 1.82 bits per heavy atom. The van der Waals surface area contributed by atoms with Crippen molar-refractivity contribution in [3.63, 3.8) is 0 Å². The summed E-state index contributed by atoms with van der Waals surface area (Å²) in [7, 11) is 0. The average molecular weight is 338 g/mol. The summed E-state index contributed by atoms with van der Waals surface area (Å²) in [6.07, 6.45) is -5.57. The number of benzene rings is 1. The number of hydrogen-bond acceptors (Lipinski definition) is 3. The van der Waals surface area contributed by atoms with Crippen molar-refractivity contribution in [1.82, 2.24) is 0 Å². The first-order valence-electron chi connectivity index (χ1n) is 6.24. The van der Waals surface area contributed by atoms with E-state index in [1.54, 1.807) is 20.8 Å². The lowest BCUT2D eigenvalue weighted by Crippen LogP contribution is -2.28. The monoisotopic (exact) mass is 337 g/mol. The highest BCUT2D eigenvalue weighted by Gasteiger charge is 2.32. The quantitative estimate of drug-likeness (QED) is 0.654. The molecular formula is C14H15ClF3NO3. The number of carbonyl (C=O) groups is 2. The average Bonchev–Trinajstić information content (AvgIpc) is 2.34. The van der Waals surface area contributed by atoms with Gasteiger partial charge in [-0.15, -0.1) is 11.6 Å². The maximum absolute atomic E-state index is 12.7. The first-order chi connectivity index (χ1) is 9.94. The Kier molecular flexibility index (Phi) is 5.45. The minimum Gasteiger partial charge on any atom is -0.444 e. The van der Waals surface area contributed by atoms with Crippen molar-refractivity contribution in [2.75, 3.05) is 11.2 Å². The van der Waals surface area contributed by atoms with Crippen LogP contribution in [0.1, 0.15) is 36.7 Å². The van der Waals surface area contributed by atoms with E-state index in [-0.39, 0.29) is 11.3 Å². The molecule has 22 heavy (non-hydrogen) atoms. The summed E-state index contributed by atoms with van der Waals surface area (Å²) in [5.41, 5.74) is -2.24. The van der Waals surface area contributed by atoms with Crippen LogP contribution >= 0.6 is 11.6 Å². The summed E-state index contributed by atoms with van der Waals surface area (Å²) < 4.78 is 43.2. The molecule has 0 spiro atoms. The Hall–Kier alpha value is -1.76. The SMILES string of the molecule is CC(C)(C)OC(=O)Nc1cc(C(F)(F)F)ccc1C(=O)CCl. The van der Waals surface area contributed by atoms with Crippen molar-refractivity contribution in [2.24, 2.45) is 0 Å². The lowest BCUT2D eigenvalue weighted by molar-refractivity contribution is -0.137. The molecule has 0 aliphatic carbocycles. The normalized spacial score (nSPS) is 12.0. The van der Waals surface area contributed by atoms with Crippen LogP contribution < -0.4 is 5.32 Å². The second-order valence-electron chi connectivity index (χ2n) is 5.44. The Morgan fingerprint density at radius 3 is 2.27 bits per heavy atom. The van der Waals surface area contributed by atoms with E-state index in [9.17, 15) is 22.8 Å². The van der Waals surface area contributed by atoms with Crippen molar-refractivity contribution >= 4 is 29.2 Å². The van der Waals surface area contributed by atoms with Crippen LogP contribution in [-0.4, -0.2) is 23.4 Å². The number of hydrogen-bond donors (Lipinski definition) is 1. The van der Waals surface area contributed by atoms with Gasteiger partial charge in [0.25, 0.3) is 0 Å². The topological polar surface area (TPSA) is 55.4 Å². The zero-order chi connectivity index (χ0) is 17.1. The van der Waals surface area contributed by atoms with E-state index in [1.807, 2.05) is 0 Å². The van der Waals surface area contributed by atoms with E-state index in [0.717, 1.165) is 12.1 Å². The van der Waals surface area contributed by atoms with Gasteiger partial charge in [0.05, 0.1) is 17.1 Å². The van der Waals surface area contributed by atoms with Crippen LogP contribution in [0, 0.1) is 0 Å². The molecule has 0 aromatic heterocycles. The van der Waals surface area contributed by atoms with Gasteiger partial charge in [0.2, 0.25) is 0 Å². The molecule has 0 fully saturated rings. The predicted octanol–water partition coefficient (Wildman–Crippen LogP) is 4.47. The van der Waals surface area contributed by atoms with E-state index < -0.39 is 35.1 Å². The molecule has 0 saturated heterocycles. The molecule has 0 aliphatic heterocycles. The Balaban J connectivity index is 3.17. The molecule has 122 valence electrons. The highest BCUT2D eigenvalue weighted by molar-refractivity contribution is 6.31. The number of halogens is 4. The summed E-state index contributed by atoms with van der Waals surface area (Å²) in [5, 5.41) is 2.15. The van der Waals surface area contributed by atoms with Crippen molar-refractivity contribution in [3.05, 3.63) is 29.3 Å². The van der Waals surface area contributed by atoms with Crippen LogP contribution in [0.3, 0.4) is 0 Å². The number of ether oxygens (including phenoxy) is 1. The molecular weight excluding hydrogens is 323 g/mol. The van der Waals surface area contributed by atoms with E-state index in [2.05, 4.69) is 5.32 Å². The van der Waals surface area contributed by atoms with Gasteiger partial charge in [-0.2, -0.15) is 13.2 Å². The predicted molar refractivity (Wildman–Crippen MR) is 76.4 cm³/mol. The van der Waals surface area contributed by atoms with Crippen molar-refractivity contribution in [1.29, 1.82) is 0 Å². The van der Waals surface area contributed by atoms with Crippen LogP contribution in [-0.2, 0) is 10.9 Å². The lowest BCUT2D eigenvalue weighted by atomic mass is 10.1. The standard InChI is InChI=1S/C14H15ClF3NO3/c1-13(2,3)22-12(21)19-10-6-8(14(16,17)18)4-5-9(10)11(20)7-15/h4-6H,7H2,1-3H3,(H,19,21). The molecule has 1 aromatic carbocycles. The zero-order valence-corrected chi connectivity index (χ0v) is 12.9. The van der Waals surface area contributed by atoms with Gasteiger partial charge in [-0.3, -0.25) is 10.1 Å². The molecule has 1 N–H and O–H groups in total. The van der Waals surface area contributed by atoms with E-state index in [1.165, 1.54) is 0 Å². The number of carbonyl (C=O) groups excluding carboxylic acids is 2. The Bertz CT molecular complexity index is 580. The third-order valence-electron chi connectivity index (χ3n) is 2.40. The fraction of sp³-hybridized carbons (Fsp3) is 0.429. The number of rotatable bonds is 3. The highest BCUT2D eigenvalue weighted by atomic mass is 35.5. The molecule has 1 aromatic rings. The molecule has 1 amide bonds. The maximum Gasteiger partial charge on any atom is 0.416 e. The van der Waals surface area contributed by atoms with Crippen LogP contribution in [0.5, 0.6) is 0 Å². The number of ketones is 1. The molecule has 0 saturated carbocycles.